The van der Waals surface area contributed by atoms with Crippen LogP contribution in [-0.4, -0.2) is 0 Å². The van der Waals surface area contributed by atoms with E-state index in [-0.39, 0.29) is 0 Å². The van der Waals surface area contributed by atoms with Gasteiger partial charge in [0.05, 0.1) is 0 Å². The van der Waals surface area contributed by atoms with Gasteiger partial charge in [-0.15, -0.1) is 0 Å². The van der Waals surface area contributed by atoms with Gasteiger partial charge in [-0.05, 0) is 62.2 Å². The fraction of sp³-hybridized carbons (Fsp3) is 0.467. The summed E-state index contributed by atoms with van der Waals surface area (Å²) < 4.78 is 0. The van der Waals surface area contributed by atoms with Crippen LogP contribution in [0.25, 0.3) is 0 Å². The molecule has 16 heavy (non-hydrogen) atoms. The normalized spacial score (nSPS) is 11.0. The maximum Gasteiger partial charge on any atom is 0.0385 e. The topological polar surface area (TPSA) is 12.0 Å². The van der Waals surface area contributed by atoms with Gasteiger partial charge in [0.1, 0.15) is 0 Å². The van der Waals surface area contributed by atoms with E-state index in [1.165, 1.54) is 35.2 Å². The summed E-state index contributed by atoms with van der Waals surface area (Å²) in [5, 5.41) is 3.33. The van der Waals surface area contributed by atoms with Crippen LogP contribution in [0.4, 0.5) is 5.69 Å². The number of anilines is 1. The zero-order valence-corrected chi connectivity index (χ0v) is 10.9. The summed E-state index contributed by atoms with van der Waals surface area (Å²) in [6.45, 7) is 8.71. The van der Waals surface area contributed by atoms with Crippen molar-refractivity contribution in [3.8, 4) is 0 Å². The largest absolute Gasteiger partial charge is 0.362 e. The van der Waals surface area contributed by atoms with Crippen LogP contribution in [0.3, 0.4) is 0 Å². The molecule has 1 aromatic rings. The highest BCUT2D eigenvalue weighted by molar-refractivity contribution is 5.53. The van der Waals surface area contributed by atoms with Crippen LogP contribution < -0.4 is 5.32 Å². The number of nitrogens with one attached hydrogen (secondary N) is 1. The molecule has 88 valence electrons. The average Bonchev–Trinajstić information content (AvgIpc) is 2.25. The van der Waals surface area contributed by atoms with Gasteiger partial charge in [0.25, 0.3) is 0 Å². The van der Waals surface area contributed by atoms with E-state index in [2.05, 4.69) is 57.4 Å². The van der Waals surface area contributed by atoms with Gasteiger partial charge in [0.2, 0.25) is 0 Å². The van der Waals surface area contributed by atoms with E-state index < -0.39 is 0 Å². The first kappa shape index (κ1) is 12.8. The second-order valence-electron chi connectivity index (χ2n) is 4.42. The van der Waals surface area contributed by atoms with Crippen molar-refractivity contribution in [3.63, 3.8) is 0 Å². The lowest BCUT2D eigenvalue weighted by molar-refractivity contribution is 0.814. The summed E-state index contributed by atoms with van der Waals surface area (Å²) in [6.07, 6.45) is 7.94. The molecule has 0 aromatic heterocycles. The van der Waals surface area contributed by atoms with E-state index in [9.17, 15) is 0 Å². The van der Waals surface area contributed by atoms with Gasteiger partial charge < -0.3 is 5.32 Å². The zero-order valence-electron chi connectivity index (χ0n) is 10.9. The highest BCUT2D eigenvalue weighted by Gasteiger charge is 1.98. The second-order valence-corrected chi connectivity index (χ2v) is 4.42. The molecule has 0 amide bonds. The van der Waals surface area contributed by atoms with Gasteiger partial charge in [-0.1, -0.05) is 25.8 Å². The van der Waals surface area contributed by atoms with E-state index in [0.29, 0.717) is 0 Å². The van der Waals surface area contributed by atoms with Gasteiger partial charge in [0, 0.05) is 5.69 Å². The zero-order chi connectivity index (χ0) is 12.0. The number of allylic oxidation sites excluding steroid dienone is 1. The minimum atomic E-state index is 1.16. The summed E-state index contributed by atoms with van der Waals surface area (Å²) >= 11 is 0. The first-order valence-corrected chi connectivity index (χ1v) is 6.14. The molecule has 0 atom stereocenters. The molecule has 1 nitrogen and oxygen atoms in total. The summed E-state index contributed by atoms with van der Waals surface area (Å²) in [4.78, 5) is 0. The molecule has 0 bridgehead atoms. The molecule has 1 N–H and O–H groups in total. The van der Waals surface area contributed by atoms with Gasteiger partial charge in [-0.25, -0.2) is 0 Å². The smallest absolute Gasteiger partial charge is 0.0385 e. The van der Waals surface area contributed by atoms with Crippen molar-refractivity contribution in [2.45, 2.75) is 47.0 Å². The Morgan fingerprint density at radius 3 is 2.31 bits per heavy atom. The molecule has 1 rings (SSSR count). The molecular weight excluding hydrogens is 194 g/mol. The number of aryl methyl sites for hydroxylation is 2. The molecule has 1 heteroatoms. The third kappa shape index (κ3) is 3.73. The van der Waals surface area contributed by atoms with Crippen molar-refractivity contribution in [2.24, 2.45) is 0 Å². The fourth-order valence-corrected chi connectivity index (χ4v) is 1.68. The molecule has 0 saturated heterocycles. The van der Waals surface area contributed by atoms with Crippen LogP contribution in [0, 0.1) is 20.8 Å². The molecule has 0 heterocycles. The third-order valence-electron chi connectivity index (χ3n) is 3.02. The molecule has 0 saturated carbocycles. The molecule has 0 spiro atoms. The number of hydrogen-bond acceptors (Lipinski definition) is 1. The summed E-state index contributed by atoms with van der Waals surface area (Å²) in [5.74, 6) is 0. The number of hydrogen-bond donors (Lipinski definition) is 1. The second kappa shape index (κ2) is 6.37. The van der Waals surface area contributed by atoms with E-state index >= 15 is 0 Å². The van der Waals surface area contributed by atoms with E-state index in [1.54, 1.807) is 0 Å². The van der Waals surface area contributed by atoms with Crippen molar-refractivity contribution in [1.29, 1.82) is 0 Å². The minimum Gasteiger partial charge on any atom is -0.362 e. The van der Waals surface area contributed by atoms with Crippen LogP contribution in [0.2, 0.25) is 0 Å². The molecular formula is C15H23N. The number of benzene rings is 1. The van der Waals surface area contributed by atoms with Crippen LogP contribution in [0.5, 0.6) is 0 Å². The lowest BCUT2D eigenvalue weighted by Crippen LogP contribution is -1.92. The lowest BCUT2D eigenvalue weighted by atomic mass is 10.0. The Hall–Kier alpha value is -1.24. The summed E-state index contributed by atoms with van der Waals surface area (Å²) in [7, 11) is 0. The standard InChI is InChI=1S/C15H23N/c1-5-6-7-8-9-16-15-10-12(2)14(4)13(3)11-15/h8-11,16H,5-7H2,1-4H3. The molecule has 0 unspecified atom stereocenters. The molecule has 0 fully saturated rings. The maximum absolute atomic E-state index is 3.33. The Kier molecular flexibility index (Phi) is 5.10. The molecule has 0 aliphatic heterocycles. The third-order valence-corrected chi connectivity index (χ3v) is 3.02. The monoisotopic (exact) mass is 217 g/mol. The Morgan fingerprint density at radius 2 is 1.75 bits per heavy atom. The Labute approximate surface area is 99.6 Å². The first-order valence-electron chi connectivity index (χ1n) is 6.14. The molecule has 0 aliphatic carbocycles. The van der Waals surface area contributed by atoms with Gasteiger partial charge in [-0.2, -0.15) is 0 Å². The summed E-state index contributed by atoms with van der Waals surface area (Å²) in [6, 6.07) is 4.40. The number of unbranched alkanes of at least 4 members (excludes halogenated alkanes) is 2. The van der Waals surface area contributed by atoms with Crippen LogP contribution in [0.15, 0.2) is 24.4 Å². The van der Waals surface area contributed by atoms with E-state index in [0.717, 1.165) is 6.42 Å². The van der Waals surface area contributed by atoms with Crippen LogP contribution in [-0.2, 0) is 0 Å². The molecule has 0 aliphatic rings. The Balaban J connectivity index is 2.58. The van der Waals surface area contributed by atoms with E-state index in [1.807, 2.05) is 0 Å². The van der Waals surface area contributed by atoms with Crippen molar-refractivity contribution < 1.29 is 0 Å². The quantitative estimate of drug-likeness (QED) is 0.703. The van der Waals surface area contributed by atoms with Crippen molar-refractivity contribution in [2.75, 3.05) is 5.32 Å². The first-order chi connectivity index (χ1) is 7.65. The molecule has 1 aromatic carbocycles. The SMILES string of the molecule is CCCCC=CNc1cc(C)c(C)c(C)c1. The maximum atomic E-state index is 3.33. The fourth-order valence-electron chi connectivity index (χ4n) is 1.68. The Morgan fingerprint density at radius 1 is 1.12 bits per heavy atom. The number of rotatable bonds is 5. The van der Waals surface area contributed by atoms with E-state index in [4.69, 9.17) is 0 Å². The highest BCUT2D eigenvalue weighted by atomic mass is 14.8. The minimum absolute atomic E-state index is 1.16. The van der Waals surface area contributed by atoms with Gasteiger partial charge >= 0.3 is 0 Å². The highest BCUT2D eigenvalue weighted by Crippen LogP contribution is 2.18. The van der Waals surface area contributed by atoms with Crippen LogP contribution >= 0.6 is 0 Å². The Bertz CT molecular complexity index is 341. The van der Waals surface area contributed by atoms with Crippen LogP contribution in [0.1, 0.15) is 42.9 Å². The molecule has 0 radical (unpaired) electrons. The average molecular weight is 217 g/mol. The lowest BCUT2D eigenvalue weighted by Gasteiger charge is -2.08. The van der Waals surface area contributed by atoms with Gasteiger partial charge in [-0.3, -0.25) is 0 Å². The summed E-state index contributed by atoms with van der Waals surface area (Å²) in [5.41, 5.74) is 5.28. The van der Waals surface area contributed by atoms with Crippen molar-refractivity contribution in [3.05, 3.63) is 41.1 Å². The van der Waals surface area contributed by atoms with Crippen molar-refractivity contribution >= 4 is 5.69 Å². The van der Waals surface area contributed by atoms with Gasteiger partial charge in [0.15, 0.2) is 0 Å². The predicted molar refractivity (Wildman–Crippen MR) is 72.9 cm³/mol. The predicted octanol–water partition coefficient (Wildman–Crippen LogP) is 4.73. The van der Waals surface area contributed by atoms with Crippen molar-refractivity contribution in [1.82, 2.24) is 0 Å².